The van der Waals surface area contributed by atoms with E-state index in [2.05, 4.69) is 0 Å². The van der Waals surface area contributed by atoms with Gasteiger partial charge in [-0.2, -0.15) is 0 Å². The molecule has 1 amide bonds. The number of piperidine rings is 1. The maximum Gasteiger partial charge on any atom is 0.329 e. The zero-order valence-electron chi connectivity index (χ0n) is 11.1. The molecule has 1 aliphatic heterocycles. The minimum Gasteiger partial charge on any atom is -0.480 e. The maximum atomic E-state index is 12.3. The van der Waals surface area contributed by atoms with E-state index in [1.54, 1.807) is 0 Å². The third kappa shape index (κ3) is 2.61. The van der Waals surface area contributed by atoms with Gasteiger partial charge < -0.3 is 14.7 Å². The summed E-state index contributed by atoms with van der Waals surface area (Å²) in [6.07, 6.45) is 5.30. The number of carboxylic acids is 1. The van der Waals surface area contributed by atoms with Crippen LogP contribution in [-0.4, -0.2) is 47.7 Å². The first kappa shape index (κ1) is 12.9. The molecule has 2 saturated carbocycles. The van der Waals surface area contributed by atoms with Crippen LogP contribution in [0.1, 0.15) is 32.1 Å². The summed E-state index contributed by atoms with van der Waals surface area (Å²) in [6.45, 7) is 1.21. The largest absolute Gasteiger partial charge is 0.480 e. The number of aliphatic carboxylic acids is 1. The van der Waals surface area contributed by atoms with Gasteiger partial charge in [0.1, 0.15) is 6.61 Å². The van der Waals surface area contributed by atoms with Crippen molar-refractivity contribution in [2.24, 2.45) is 17.8 Å². The Morgan fingerprint density at radius 3 is 2.32 bits per heavy atom. The van der Waals surface area contributed by atoms with Crippen LogP contribution in [0.5, 0.6) is 0 Å². The van der Waals surface area contributed by atoms with E-state index in [4.69, 9.17) is 9.84 Å². The molecule has 0 aromatic carbocycles. The molecular formula is C14H21NO4. The molecule has 2 aliphatic carbocycles. The highest BCUT2D eigenvalue weighted by molar-refractivity contribution is 5.82. The van der Waals surface area contributed by atoms with E-state index in [1.807, 2.05) is 4.90 Å². The summed E-state index contributed by atoms with van der Waals surface area (Å²) in [4.78, 5) is 24.7. The van der Waals surface area contributed by atoms with Crippen LogP contribution >= 0.6 is 0 Å². The fourth-order valence-corrected chi connectivity index (χ4v) is 3.83. The molecule has 0 aromatic heterocycles. The van der Waals surface area contributed by atoms with Crippen molar-refractivity contribution in [1.82, 2.24) is 4.90 Å². The van der Waals surface area contributed by atoms with E-state index < -0.39 is 5.97 Å². The summed E-state index contributed by atoms with van der Waals surface area (Å²) in [5.74, 6) is 1.07. The molecule has 0 bridgehead atoms. The van der Waals surface area contributed by atoms with Crippen LogP contribution in [0, 0.1) is 17.8 Å². The molecule has 0 spiro atoms. The van der Waals surface area contributed by atoms with Gasteiger partial charge in [-0.15, -0.1) is 0 Å². The van der Waals surface area contributed by atoms with Crippen LogP contribution in [-0.2, 0) is 14.3 Å². The third-order valence-corrected chi connectivity index (χ3v) is 4.89. The Bertz CT molecular complexity index is 366. The lowest BCUT2D eigenvalue weighted by Crippen LogP contribution is -2.42. The summed E-state index contributed by atoms with van der Waals surface area (Å²) in [5, 5.41) is 8.57. The minimum absolute atomic E-state index is 0.00106. The number of carbonyl (C=O) groups excluding carboxylic acids is 1. The van der Waals surface area contributed by atoms with E-state index >= 15 is 0 Å². The first-order valence-electron chi connectivity index (χ1n) is 7.29. The minimum atomic E-state index is -0.927. The molecule has 106 valence electrons. The van der Waals surface area contributed by atoms with E-state index in [0.717, 1.165) is 25.9 Å². The molecule has 3 fully saturated rings. The number of amides is 1. The number of hydrogen-bond acceptors (Lipinski definition) is 3. The first-order chi connectivity index (χ1) is 9.16. The fraction of sp³-hybridized carbons (Fsp3) is 0.857. The van der Waals surface area contributed by atoms with Crippen molar-refractivity contribution in [1.29, 1.82) is 0 Å². The number of rotatable bonds is 4. The summed E-state index contributed by atoms with van der Waals surface area (Å²) in [5.41, 5.74) is 0. The zero-order chi connectivity index (χ0) is 13.4. The summed E-state index contributed by atoms with van der Waals surface area (Å²) >= 11 is 0. The van der Waals surface area contributed by atoms with Crippen LogP contribution in [0.15, 0.2) is 0 Å². The van der Waals surface area contributed by atoms with E-state index in [-0.39, 0.29) is 12.7 Å². The average molecular weight is 267 g/mol. The Kier molecular flexibility index (Phi) is 3.48. The SMILES string of the molecule is O=C(O)COC1CCN(C(=O)C2C3CCCC32)CC1. The van der Waals surface area contributed by atoms with Gasteiger partial charge in [0.25, 0.3) is 0 Å². The molecule has 1 heterocycles. The van der Waals surface area contributed by atoms with Crippen molar-refractivity contribution in [3.05, 3.63) is 0 Å². The zero-order valence-corrected chi connectivity index (χ0v) is 11.1. The Balaban J connectivity index is 1.43. The van der Waals surface area contributed by atoms with E-state index in [0.29, 0.717) is 23.7 Å². The Labute approximate surface area is 112 Å². The van der Waals surface area contributed by atoms with Crippen LogP contribution in [0.2, 0.25) is 0 Å². The number of likely N-dealkylation sites (tertiary alicyclic amines) is 1. The highest BCUT2D eigenvalue weighted by Crippen LogP contribution is 2.58. The lowest BCUT2D eigenvalue weighted by atomic mass is 10.1. The highest BCUT2D eigenvalue weighted by atomic mass is 16.5. The molecule has 5 heteroatoms. The van der Waals surface area contributed by atoms with E-state index in [1.165, 1.54) is 19.3 Å². The standard InChI is InChI=1S/C14H21NO4/c16-12(17)8-19-9-4-6-15(7-5-9)14(18)13-10-2-1-3-11(10)13/h9-11,13H,1-8H2,(H,16,17). The van der Waals surface area contributed by atoms with Gasteiger partial charge in [-0.25, -0.2) is 4.79 Å². The Morgan fingerprint density at radius 2 is 1.74 bits per heavy atom. The van der Waals surface area contributed by atoms with Gasteiger partial charge in [-0.05, 0) is 37.5 Å². The second-order valence-corrected chi connectivity index (χ2v) is 6.01. The molecule has 19 heavy (non-hydrogen) atoms. The quantitative estimate of drug-likeness (QED) is 0.829. The molecule has 2 atom stereocenters. The second-order valence-electron chi connectivity index (χ2n) is 6.01. The van der Waals surface area contributed by atoms with Crippen molar-refractivity contribution in [2.75, 3.05) is 19.7 Å². The molecule has 0 aromatic rings. The van der Waals surface area contributed by atoms with Gasteiger partial charge in [0.05, 0.1) is 6.10 Å². The fourth-order valence-electron chi connectivity index (χ4n) is 3.83. The normalized spacial score (nSPS) is 34.1. The number of hydrogen-bond donors (Lipinski definition) is 1. The molecule has 3 aliphatic rings. The number of carboxylic acid groups (broad SMARTS) is 1. The van der Waals surface area contributed by atoms with E-state index in [9.17, 15) is 9.59 Å². The van der Waals surface area contributed by atoms with Gasteiger partial charge in [0.15, 0.2) is 0 Å². The number of ether oxygens (including phenoxy) is 1. The van der Waals surface area contributed by atoms with Gasteiger partial charge in [-0.3, -0.25) is 4.79 Å². The average Bonchev–Trinajstić information content (AvgIpc) is 2.88. The lowest BCUT2D eigenvalue weighted by molar-refractivity contribution is -0.147. The molecule has 5 nitrogen and oxygen atoms in total. The third-order valence-electron chi connectivity index (χ3n) is 4.89. The molecule has 1 saturated heterocycles. The first-order valence-corrected chi connectivity index (χ1v) is 7.29. The molecule has 3 rings (SSSR count). The number of carbonyl (C=O) groups is 2. The van der Waals surface area contributed by atoms with Gasteiger partial charge in [0.2, 0.25) is 5.91 Å². The van der Waals surface area contributed by atoms with Crippen LogP contribution in [0.3, 0.4) is 0 Å². The van der Waals surface area contributed by atoms with Gasteiger partial charge >= 0.3 is 5.97 Å². The molecular weight excluding hydrogens is 246 g/mol. The molecule has 2 unspecified atom stereocenters. The van der Waals surface area contributed by atoms with Crippen molar-refractivity contribution < 1.29 is 19.4 Å². The summed E-state index contributed by atoms with van der Waals surface area (Å²) < 4.78 is 5.29. The van der Waals surface area contributed by atoms with Crippen LogP contribution < -0.4 is 0 Å². The van der Waals surface area contributed by atoms with Crippen molar-refractivity contribution in [2.45, 2.75) is 38.2 Å². The molecule has 0 radical (unpaired) electrons. The second kappa shape index (κ2) is 5.12. The Morgan fingerprint density at radius 1 is 1.11 bits per heavy atom. The summed E-state index contributed by atoms with van der Waals surface area (Å²) in [6, 6.07) is 0. The number of nitrogens with zero attached hydrogens (tertiary/aromatic N) is 1. The van der Waals surface area contributed by atoms with Crippen LogP contribution in [0.4, 0.5) is 0 Å². The van der Waals surface area contributed by atoms with Crippen molar-refractivity contribution in [3.8, 4) is 0 Å². The van der Waals surface area contributed by atoms with Crippen molar-refractivity contribution in [3.63, 3.8) is 0 Å². The maximum absolute atomic E-state index is 12.3. The predicted octanol–water partition coefficient (Wildman–Crippen LogP) is 1.12. The highest BCUT2D eigenvalue weighted by Gasteiger charge is 2.57. The predicted molar refractivity (Wildman–Crippen MR) is 67.5 cm³/mol. The molecule has 1 N–H and O–H groups in total. The van der Waals surface area contributed by atoms with Gasteiger partial charge in [0, 0.05) is 19.0 Å². The number of fused-ring (bicyclic) bond motifs is 1. The monoisotopic (exact) mass is 267 g/mol. The van der Waals surface area contributed by atoms with Crippen molar-refractivity contribution >= 4 is 11.9 Å². The smallest absolute Gasteiger partial charge is 0.329 e. The summed E-state index contributed by atoms with van der Waals surface area (Å²) in [7, 11) is 0. The lowest BCUT2D eigenvalue weighted by Gasteiger charge is -2.32. The topological polar surface area (TPSA) is 66.8 Å². The van der Waals surface area contributed by atoms with Crippen LogP contribution in [0.25, 0.3) is 0 Å². The van der Waals surface area contributed by atoms with Gasteiger partial charge in [-0.1, -0.05) is 6.42 Å². The Hall–Kier alpha value is -1.10.